The second-order valence-electron chi connectivity index (χ2n) is 8.49. The van der Waals surface area contributed by atoms with E-state index in [0.29, 0.717) is 5.92 Å². The highest BCUT2D eigenvalue weighted by molar-refractivity contribution is 5.92. The summed E-state index contributed by atoms with van der Waals surface area (Å²) in [6.07, 6.45) is 10.0. The molecule has 1 amide bonds. The first-order valence-electron chi connectivity index (χ1n) is 10.3. The number of rotatable bonds is 6. The van der Waals surface area contributed by atoms with Gasteiger partial charge in [0.1, 0.15) is 5.69 Å². The van der Waals surface area contributed by atoms with Gasteiger partial charge in [0.15, 0.2) is 0 Å². The number of nitrogens with zero attached hydrogens (tertiary/aromatic N) is 2. The fourth-order valence-corrected chi connectivity index (χ4v) is 4.47. The van der Waals surface area contributed by atoms with Gasteiger partial charge in [-0.05, 0) is 68.9 Å². The highest BCUT2D eigenvalue weighted by atomic mass is 16.5. The smallest absolute Gasteiger partial charge is 0.270 e. The highest BCUT2D eigenvalue weighted by Crippen LogP contribution is 2.39. The van der Waals surface area contributed by atoms with Gasteiger partial charge in [-0.15, -0.1) is 0 Å². The summed E-state index contributed by atoms with van der Waals surface area (Å²) >= 11 is 0. The van der Waals surface area contributed by atoms with E-state index in [1.165, 1.54) is 12.8 Å². The maximum atomic E-state index is 12.7. The summed E-state index contributed by atoms with van der Waals surface area (Å²) in [6, 6.07) is 3.83. The van der Waals surface area contributed by atoms with Crippen LogP contribution in [0.3, 0.4) is 0 Å². The van der Waals surface area contributed by atoms with E-state index in [-0.39, 0.29) is 11.5 Å². The molecule has 0 bridgehead atoms. The van der Waals surface area contributed by atoms with Gasteiger partial charge in [0.2, 0.25) is 0 Å². The van der Waals surface area contributed by atoms with E-state index >= 15 is 0 Å². The van der Waals surface area contributed by atoms with E-state index in [9.17, 15) is 4.79 Å². The second-order valence-corrected chi connectivity index (χ2v) is 8.49. The second kappa shape index (κ2) is 7.73. The molecule has 26 heavy (non-hydrogen) atoms. The zero-order valence-electron chi connectivity index (χ0n) is 16.0. The largest absolute Gasteiger partial charge is 0.381 e. The van der Waals surface area contributed by atoms with Crippen molar-refractivity contribution in [1.82, 2.24) is 9.47 Å². The fourth-order valence-electron chi connectivity index (χ4n) is 4.47. The Hall–Kier alpha value is -1.33. The molecule has 3 heterocycles. The third-order valence-electron chi connectivity index (χ3n) is 6.44. The number of hydrogen-bond donors (Lipinski definition) is 0. The van der Waals surface area contributed by atoms with Gasteiger partial charge >= 0.3 is 0 Å². The SMILES string of the molecule is Cn1cccc1C(=O)N1CCC2(CC1)CC(CCOCC1CC1)CCO2. The summed E-state index contributed by atoms with van der Waals surface area (Å²) in [5, 5.41) is 0. The van der Waals surface area contributed by atoms with Gasteiger partial charge < -0.3 is 18.9 Å². The topological polar surface area (TPSA) is 43.7 Å². The van der Waals surface area contributed by atoms with E-state index in [2.05, 4.69) is 0 Å². The number of aryl methyl sites for hydroxylation is 1. The number of carbonyl (C=O) groups is 1. The van der Waals surface area contributed by atoms with Crippen LogP contribution in [0.4, 0.5) is 0 Å². The average Bonchev–Trinajstić information content (AvgIpc) is 3.38. The van der Waals surface area contributed by atoms with Crippen molar-refractivity contribution < 1.29 is 14.3 Å². The standard InChI is InChI=1S/C21H32N2O3/c1-22-10-2-3-19(22)20(24)23-11-8-21(9-12-23)15-17(7-14-26-21)6-13-25-16-18-4-5-18/h2-3,10,17-18H,4-9,11-16H2,1H3. The summed E-state index contributed by atoms with van der Waals surface area (Å²) in [7, 11) is 1.93. The van der Waals surface area contributed by atoms with E-state index in [1.807, 2.05) is 34.8 Å². The molecule has 1 atom stereocenters. The van der Waals surface area contributed by atoms with Gasteiger partial charge in [0.05, 0.1) is 5.60 Å². The Morgan fingerprint density at radius 3 is 2.77 bits per heavy atom. The number of likely N-dealkylation sites (tertiary alicyclic amines) is 1. The number of hydrogen-bond acceptors (Lipinski definition) is 3. The average molecular weight is 360 g/mol. The van der Waals surface area contributed by atoms with Crippen molar-refractivity contribution in [2.45, 2.75) is 50.5 Å². The van der Waals surface area contributed by atoms with E-state index in [0.717, 1.165) is 76.6 Å². The Bertz CT molecular complexity index is 615. The number of ether oxygens (including phenoxy) is 2. The van der Waals surface area contributed by atoms with E-state index < -0.39 is 0 Å². The van der Waals surface area contributed by atoms with E-state index in [1.54, 1.807) is 0 Å². The molecule has 0 N–H and O–H groups in total. The number of aromatic nitrogens is 1. The normalized spacial score (nSPS) is 25.6. The summed E-state index contributed by atoms with van der Waals surface area (Å²) in [5.41, 5.74) is 0.765. The van der Waals surface area contributed by atoms with Crippen molar-refractivity contribution in [2.75, 3.05) is 32.9 Å². The first kappa shape index (κ1) is 18.1. The highest BCUT2D eigenvalue weighted by Gasteiger charge is 2.41. The maximum Gasteiger partial charge on any atom is 0.270 e. The molecule has 1 spiro atoms. The van der Waals surface area contributed by atoms with Gasteiger partial charge in [-0.3, -0.25) is 4.79 Å². The van der Waals surface area contributed by atoms with Gasteiger partial charge in [0.25, 0.3) is 5.91 Å². The molecule has 1 saturated carbocycles. The third kappa shape index (κ3) is 4.15. The van der Waals surface area contributed by atoms with Crippen LogP contribution in [0.5, 0.6) is 0 Å². The van der Waals surface area contributed by atoms with Crippen LogP contribution >= 0.6 is 0 Å². The van der Waals surface area contributed by atoms with Crippen LogP contribution in [0.1, 0.15) is 55.4 Å². The van der Waals surface area contributed by atoms with Gasteiger partial charge in [-0.25, -0.2) is 0 Å². The summed E-state index contributed by atoms with van der Waals surface area (Å²) in [5.74, 6) is 1.70. The minimum Gasteiger partial charge on any atom is -0.381 e. The van der Waals surface area contributed by atoms with Crippen molar-refractivity contribution in [2.24, 2.45) is 18.9 Å². The molecule has 5 heteroatoms. The molecule has 2 aliphatic heterocycles. The number of amides is 1. The van der Waals surface area contributed by atoms with Crippen molar-refractivity contribution in [3.63, 3.8) is 0 Å². The Morgan fingerprint density at radius 2 is 2.08 bits per heavy atom. The van der Waals surface area contributed by atoms with Crippen molar-refractivity contribution >= 4 is 5.91 Å². The first-order valence-corrected chi connectivity index (χ1v) is 10.3. The molecule has 144 valence electrons. The third-order valence-corrected chi connectivity index (χ3v) is 6.44. The van der Waals surface area contributed by atoms with Gasteiger partial charge in [-0.2, -0.15) is 0 Å². The van der Waals surface area contributed by atoms with Crippen molar-refractivity contribution in [3.8, 4) is 0 Å². The molecule has 5 nitrogen and oxygen atoms in total. The lowest BCUT2D eigenvalue weighted by Crippen LogP contribution is -2.51. The molecule has 1 aromatic rings. The Kier molecular flexibility index (Phi) is 5.37. The molecule has 1 aromatic heterocycles. The molecule has 0 radical (unpaired) electrons. The summed E-state index contributed by atoms with van der Waals surface area (Å²) in [6.45, 7) is 4.32. The predicted octanol–water partition coefficient (Wildman–Crippen LogP) is 3.24. The summed E-state index contributed by atoms with van der Waals surface area (Å²) in [4.78, 5) is 14.7. The van der Waals surface area contributed by atoms with Crippen LogP contribution in [0, 0.1) is 11.8 Å². The molecule has 1 aliphatic carbocycles. The Morgan fingerprint density at radius 1 is 1.27 bits per heavy atom. The molecular formula is C21H32N2O3. The molecule has 4 rings (SSSR count). The van der Waals surface area contributed by atoms with Crippen LogP contribution in [-0.2, 0) is 16.5 Å². The quantitative estimate of drug-likeness (QED) is 0.732. The molecule has 3 fully saturated rings. The molecule has 0 aromatic carbocycles. The van der Waals surface area contributed by atoms with Crippen LogP contribution in [-0.4, -0.2) is 53.9 Å². The van der Waals surface area contributed by atoms with Gasteiger partial charge in [0, 0.05) is 46.2 Å². The lowest BCUT2D eigenvalue weighted by molar-refractivity contribution is -0.126. The lowest BCUT2D eigenvalue weighted by atomic mass is 9.78. The van der Waals surface area contributed by atoms with Crippen molar-refractivity contribution in [1.29, 1.82) is 0 Å². The van der Waals surface area contributed by atoms with Crippen LogP contribution in [0.2, 0.25) is 0 Å². The predicted molar refractivity (Wildman–Crippen MR) is 100 cm³/mol. The molecule has 2 saturated heterocycles. The zero-order valence-corrected chi connectivity index (χ0v) is 16.0. The van der Waals surface area contributed by atoms with Crippen LogP contribution in [0.25, 0.3) is 0 Å². The molecule has 3 aliphatic rings. The number of carbonyl (C=O) groups excluding carboxylic acids is 1. The minimum absolute atomic E-state index is 0.00953. The van der Waals surface area contributed by atoms with E-state index in [4.69, 9.17) is 9.47 Å². The Labute approximate surface area is 156 Å². The Balaban J connectivity index is 1.25. The monoisotopic (exact) mass is 360 g/mol. The lowest BCUT2D eigenvalue weighted by Gasteiger charge is -2.46. The van der Waals surface area contributed by atoms with Crippen LogP contribution < -0.4 is 0 Å². The maximum absolute atomic E-state index is 12.7. The zero-order chi connectivity index (χ0) is 18.0. The van der Waals surface area contributed by atoms with Gasteiger partial charge in [-0.1, -0.05) is 0 Å². The summed E-state index contributed by atoms with van der Waals surface area (Å²) < 4.78 is 14.0. The first-order chi connectivity index (χ1) is 12.7. The van der Waals surface area contributed by atoms with Crippen molar-refractivity contribution in [3.05, 3.63) is 24.0 Å². The number of piperidine rings is 1. The molecule has 1 unspecified atom stereocenters. The minimum atomic E-state index is -0.00953. The van der Waals surface area contributed by atoms with Crippen LogP contribution in [0.15, 0.2) is 18.3 Å². The molecular weight excluding hydrogens is 328 g/mol. The fraction of sp³-hybridized carbons (Fsp3) is 0.762.